The van der Waals surface area contributed by atoms with Crippen LogP contribution in [0.5, 0.6) is 5.75 Å². The van der Waals surface area contributed by atoms with Crippen LogP contribution in [-0.2, 0) is 6.42 Å². The molecule has 1 fully saturated rings. The van der Waals surface area contributed by atoms with Crippen molar-refractivity contribution < 1.29 is 4.74 Å². The van der Waals surface area contributed by atoms with E-state index in [0.29, 0.717) is 6.04 Å². The Balaban J connectivity index is 2.01. The van der Waals surface area contributed by atoms with Gasteiger partial charge in [0.05, 0.1) is 6.61 Å². The van der Waals surface area contributed by atoms with E-state index in [1.165, 1.54) is 5.56 Å². The number of nitrogens with one attached hydrogen (secondary N) is 2. The van der Waals surface area contributed by atoms with Crippen molar-refractivity contribution in [1.82, 2.24) is 10.6 Å². The average Bonchev–Trinajstić information content (AvgIpc) is 2.33. The maximum Gasteiger partial charge on any atom is 0.122 e. The van der Waals surface area contributed by atoms with Gasteiger partial charge >= 0.3 is 0 Å². The highest BCUT2D eigenvalue weighted by atomic mass is 16.5. The lowest BCUT2D eigenvalue weighted by molar-refractivity contribution is 0.332. The molecule has 0 bridgehead atoms. The van der Waals surface area contributed by atoms with Crippen LogP contribution in [0, 0.1) is 0 Å². The standard InChI is InChI=1S/C13H20N2O/c1-2-16-13-6-4-3-5-11(13)9-12-10-14-7-8-15-12/h3-6,12,14-15H,2,7-10H2,1H3. The normalized spacial score (nSPS) is 20.7. The van der Waals surface area contributed by atoms with E-state index >= 15 is 0 Å². The quantitative estimate of drug-likeness (QED) is 0.799. The van der Waals surface area contributed by atoms with Crippen molar-refractivity contribution in [2.45, 2.75) is 19.4 Å². The zero-order valence-electron chi connectivity index (χ0n) is 9.83. The fourth-order valence-corrected chi connectivity index (χ4v) is 2.09. The minimum absolute atomic E-state index is 0.523. The van der Waals surface area contributed by atoms with E-state index in [1.54, 1.807) is 0 Å². The third-order valence-corrected chi connectivity index (χ3v) is 2.86. The number of benzene rings is 1. The van der Waals surface area contributed by atoms with Crippen LogP contribution in [-0.4, -0.2) is 32.3 Å². The van der Waals surface area contributed by atoms with Crippen molar-refractivity contribution in [3.8, 4) is 5.75 Å². The number of hydrogen-bond acceptors (Lipinski definition) is 3. The molecule has 0 spiro atoms. The van der Waals surface area contributed by atoms with Gasteiger partial charge in [-0.15, -0.1) is 0 Å². The van der Waals surface area contributed by atoms with E-state index in [4.69, 9.17) is 4.74 Å². The van der Waals surface area contributed by atoms with Crippen LogP contribution in [0.15, 0.2) is 24.3 Å². The smallest absolute Gasteiger partial charge is 0.122 e. The average molecular weight is 220 g/mol. The largest absolute Gasteiger partial charge is 0.494 e. The summed E-state index contributed by atoms with van der Waals surface area (Å²) in [7, 11) is 0. The number of rotatable bonds is 4. The minimum Gasteiger partial charge on any atom is -0.494 e. The molecule has 2 rings (SSSR count). The number of hydrogen-bond donors (Lipinski definition) is 2. The molecule has 0 aliphatic carbocycles. The molecule has 0 radical (unpaired) electrons. The summed E-state index contributed by atoms with van der Waals surface area (Å²) in [5.74, 6) is 1.03. The summed E-state index contributed by atoms with van der Waals surface area (Å²) in [6, 6.07) is 8.83. The lowest BCUT2D eigenvalue weighted by Crippen LogP contribution is -2.49. The van der Waals surface area contributed by atoms with Crippen molar-refractivity contribution in [3.05, 3.63) is 29.8 Å². The second kappa shape index (κ2) is 5.87. The highest BCUT2D eigenvalue weighted by Crippen LogP contribution is 2.19. The maximum absolute atomic E-state index is 5.63. The van der Waals surface area contributed by atoms with Gasteiger partial charge in [-0.05, 0) is 25.0 Å². The second-order valence-corrected chi connectivity index (χ2v) is 4.10. The summed E-state index contributed by atoms with van der Waals surface area (Å²) < 4.78 is 5.63. The number of ether oxygens (including phenoxy) is 1. The molecule has 1 unspecified atom stereocenters. The lowest BCUT2D eigenvalue weighted by atomic mass is 10.0. The van der Waals surface area contributed by atoms with E-state index in [-0.39, 0.29) is 0 Å². The molecule has 1 saturated heterocycles. The maximum atomic E-state index is 5.63. The minimum atomic E-state index is 0.523. The first kappa shape index (κ1) is 11.4. The molecule has 16 heavy (non-hydrogen) atoms. The summed E-state index contributed by atoms with van der Waals surface area (Å²) in [6.45, 7) is 5.93. The molecule has 0 amide bonds. The first-order valence-electron chi connectivity index (χ1n) is 6.05. The summed E-state index contributed by atoms with van der Waals surface area (Å²) in [5, 5.41) is 6.92. The van der Waals surface area contributed by atoms with Crippen LogP contribution < -0.4 is 15.4 Å². The van der Waals surface area contributed by atoms with Gasteiger partial charge in [0.25, 0.3) is 0 Å². The van der Waals surface area contributed by atoms with Gasteiger partial charge in [0.2, 0.25) is 0 Å². The van der Waals surface area contributed by atoms with E-state index in [2.05, 4.69) is 28.8 Å². The van der Waals surface area contributed by atoms with Crippen molar-refractivity contribution >= 4 is 0 Å². The van der Waals surface area contributed by atoms with E-state index in [0.717, 1.165) is 38.4 Å². The van der Waals surface area contributed by atoms with Crippen LogP contribution >= 0.6 is 0 Å². The Morgan fingerprint density at radius 1 is 1.31 bits per heavy atom. The topological polar surface area (TPSA) is 33.3 Å². The number of para-hydroxylation sites is 1. The molecule has 3 nitrogen and oxygen atoms in total. The highest BCUT2D eigenvalue weighted by Gasteiger charge is 2.14. The SMILES string of the molecule is CCOc1ccccc1CC1CNCCN1. The Labute approximate surface area is 97.2 Å². The van der Waals surface area contributed by atoms with Crippen LogP contribution in [0.25, 0.3) is 0 Å². The third-order valence-electron chi connectivity index (χ3n) is 2.86. The Morgan fingerprint density at radius 2 is 2.19 bits per heavy atom. The van der Waals surface area contributed by atoms with E-state index < -0.39 is 0 Å². The molecule has 2 N–H and O–H groups in total. The van der Waals surface area contributed by atoms with Crippen LogP contribution in [0.1, 0.15) is 12.5 Å². The summed E-state index contributed by atoms with van der Waals surface area (Å²) in [5.41, 5.74) is 1.30. The van der Waals surface area contributed by atoms with Crippen LogP contribution in [0.2, 0.25) is 0 Å². The zero-order valence-corrected chi connectivity index (χ0v) is 9.83. The van der Waals surface area contributed by atoms with Crippen molar-refractivity contribution in [1.29, 1.82) is 0 Å². The van der Waals surface area contributed by atoms with Gasteiger partial charge in [-0.3, -0.25) is 0 Å². The van der Waals surface area contributed by atoms with Gasteiger partial charge in [-0.25, -0.2) is 0 Å². The molecule has 1 heterocycles. The molecule has 3 heteroatoms. The molecule has 0 saturated carbocycles. The van der Waals surface area contributed by atoms with Gasteiger partial charge in [0, 0.05) is 25.7 Å². The van der Waals surface area contributed by atoms with Gasteiger partial charge in [0.15, 0.2) is 0 Å². The number of piperazine rings is 1. The van der Waals surface area contributed by atoms with Crippen LogP contribution in [0.3, 0.4) is 0 Å². The molecule has 1 atom stereocenters. The van der Waals surface area contributed by atoms with Crippen molar-refractivity contribution in [2.75, 3.05) is 26.2 Å². The fraction of sp³-hybridized carbons (Fsp3) is 0.538. The second-order valence-electron chi connectivity index (χ2n) is 4.10. The highest BCUT2D eigenvalue weighted by molar-refractivity contribution is 5.34. The Hall–Kier alpha value is -1.06. The Kier molecular flexibility index (Phi) is 4.19. The summed E-state index contributed by atoms with van der Waals surface area (Å²) in [6.07, 6.45) is 1.03. The van der Waals surface area contributed by atoms with E-state index in [1.807, 2.05) is 13.0 Å². The molecule has 1 aliphatic heterocycles. The van der Waals surface area contributed by atoms with Crippen molar-refractivity contribution in [2.24, 2.45) is 0 Å². The van der Waals surface area contributed by atoms with Crippen LogP contribution in [0.4, 0.5) is 0 Å². The zero-order chi connectivity index (χ0) is 11.2. The predicted octanol–water partition coefficient (Wildman–Crippen LogP) is 1.19. The first-order valence-corrected chi connectivity index (χ1v) is 6.05. The van der Waals surface area contributed by atoms with Gasteiger partial charge < -0.3 is 15.4 Å². The molecule has 88 valence electrons. The Bertz CT molecular complexity index is 321. The molecule has 1 aromatic carbocycles. The van der Waals surface area contributed by atoms with Crippen molar-refractivity contribution in [3.63, 3.8) is 0 Å². The molecule has 1 aromatic rings. The molecular weight excluding hydrogens is 200 g/mol. The molecule has 1 aliphatic rings. The molecule has 0 aromatic heterocycles. The fourth-order valence-electron chi connectivity index (χ4n) is 2.09. The monoisotopic (exact) mass is 220 g/mol. The van der Waals surface area contributed by atoms with E-state index in [9.17, 15) is 0 Å². The third kappa shape index (κ3) is 2.97. The summed E-state index contributed by atoms with van der Waals surface area (Å²) >= 11 is 0. The van der Waals surface area contributed by atoms with Gasteiger partial charge in [-0.1, -0.05) is 18.2 Å². The summed E-state index contributed by atoms with van der Waals surface area (Å²) in [4.78, 5) is 0. The first-order chi connectivity index (χ1) is 7.90. The Morgan fingerprint density at radius 3 is 2.94 bits per heavy atom. The molecular formula is C13H20N2O. The lowest BCUT2D eigenvalue weighted by Gasteiger charge is -2.25. The predicted molar refractivity (Wildman–Crippen MR) is 66.0 cm³/mol. The van der Waals surface area contributed by atoms with Gasteiger partial charge in [-0.2, -0.15) is 0 Å². The van der Waals surface area contributed by atoms with Gasteiger partial charge in [0.1, 0.15) is 5.75 Å².